The number of urea groups is 1. The lowest BCUT2D eigenvalue weighted by Crippen LogP contribution is -2.51. The Morgan fingerprint density at radius 2 is 1.82 bits per heavy atom. The molecule has 0 spiro atoms. The molecule has 0 unspecified atom stereocenters. The molecule has 0 radical (unpaired) electrons. The first kappa shape index (κ1) is 21.3. The summed E-state index contributed by atoms with van der Waals surface area (Å²) in [7, 11) is 1.59. The number of hydrogen-bond donors (Lipinski definition) is 2. The van der Waals surface area contributed by atoms with Crippen LogP contribution in [0.4, 0.5) is 4.79 Å². The minimum atomic E-state index is -0.536. The normalized spacial score (nSPS) is 16.1. The van der Waals surface area contributed by atoms with Crippen LogP contribution in [0.25, 0.3) is 0 Å². The van der Waals surface area contributed by atoms with Gasteiger partial charge in [-0.25, -0.2) is 9.59 Å². The van der Waals surface area contributed by atoms with Crippen LogP contribution < -0.4 is 15.4 Å². The predicted molar refractivity (Wildman–Crippen MR) is 102 cm³/mol. The van der Waals surface area contributed by atoms with Crippen molar-refractivity contribution in [2.75, 3.05) is 20.3 Å². The zero-order valence-electron chi connectivity index (χ0n) is 16.4. The maximum Gasteiger partial charge on any atom is 0.338 e. The van der Waals surface area contributed by atoms with Crippen LogP contribution in [0.15, 0.2) is 35.5 Å². The number of carbonyl (C=O) groups excluding carboxylic acids is 3. The minimum absolute atomic E-state index is 0.178. The van der Waals surface area contributed by atoms with Gasteiger partial charge < -0.3 is 24.8 Å². The molecule has 0 saturated heterocycles. The van der Waals surface area contributed by atoms with Crippen molar-refractivity contribution < 1.29 is 28.6 Å². The van der Waals surface area contributed by atoms with Gasteiger partial charge in [-0.2, -0.15) is 0 Å². The topological polar surface area (TPSA) is 103 Å². The lowest BCUT2D eigenvalue weighted by atomic mass is 10.0. The molecule has 0 bridgehead atoms. The van der Waals surface area contributed by atoms with Gasteiger partial charge in [-0.15, -0.1) is 0 Å². The first-order valence-electron chi connectivity index (χ1n) is 9.24. The minimum Gasteiger partial charge on any atom is -0.497 e. The molecular formula is C20H26N2O6. The number of ether oxygens (including phenoxy) is 3. The summed E-state index contributed by atoms with van der Waals surface area (Å²) in [5.74, 6) is -0.213. The van der Waals surface area contributed by atoms with Gasteiger partial charge >= 0.3 is 18.0 Å². The van der Waals surface area contributed by atoms with Crippen LogP contribution in [-0.4, -0.2) is 44.3 Å². The molecule has 0 aromatic heterocycles. The molecule has 1 aliphatic heterocycles. The lowest BCUT2D eigenvalue weighted by Gasteiger charge is -2.28. The van der Waals surface area contributed by atoms with Gasteiger partial charge in [0.15, 0.2) is 0 Å². The largest absolute Gasteiger partial charge is 0.497 e. The van der Waals surface area contributed by atoms with Crippen LogP contribution >= 0.6 is 0 Å². The highest BCUT2D eigenvalue weighted by atomic mass is 16.5. The van der Waals surface area contributed by atoms with Crippen molar-refractivity contribution in [3.8, 4) is 5.75 Å². The number of nitrogens with one attached hydrogen (secondary N) is 2. The Morgan fingerprint density at radius 3 is 2.43 bits per heavy atom. The lowest BCUT2D eigenvalue weighted by molar-refractivity contribution is -0.143. The Bertz CT molecular complexity index is 742. The first-order valence-corrected chi connectivity index (χ1v) is 9.24. The molecule has 1 aliphatic rings. The number of amides is 2. The second-order valence-corrected chi connectivity index (χ2v) is 6.18. The van der Waals surface area contributed by atoms with Crippen LogP contribution in [0, 0.1) is 0 Å². The standard InChI is InChI=1S/C20H26N2O6/c1-4-15-18(19(24)27-5-2)16(22-20(25)21-15)12-28-17(23)11-8-13-6-9-14(26-3)10-7-13/h6-7,9-10,15H,4-5,8,11-12H2,1-3H3,(H2,21,22,25)/t15-/m0/s1. The maximum atomic E-state index is 12.3. The van der Waals surface area contributed by atoms with E-state index in [0.717, 1.165) is 11.3 Å². The van der Waals surface area contributed by atoms with E-state index in [1.54, 1.807) is 14.0 Å². The number of carbonyl (C=O) groups is 3. The van der Waals surface area contributed by atoms with E-state index in [0.29, 0.717) is 12.8 Å². The zero-order chi connectivity index (χ0) is 20.5. The molecule has 2 N–H and O–H groups in total. The highest BCUT2D eigenvalue weighted by molar-refractivity contribution is 5.94. The summed E-state index contributed by atoms with van der Waals surface area (Å²) < 4.78 is 15.4. The van der Waals surface area contributed by atoms with Crippen LogP contribution in [0.3, 0.4) is 0 Å². The summed E-state index contributed by atoms with van der Waals surface area (Å²) >= 11 is 0. The van der Waals surface area contributed by atoms with Gasteiger partial charge in [0.25, 0.3) is 0 Å². The zero-order valence-corrected chi connectivity index (χ0v) is 16.4. The molecule has 0 aliphatic carbocycles. The van der Waals surface area contributed by atoms with Gasteiger partial charge in [0.2, 0.25) is 0 Å². The van der Waals surface area contributed by atoms with Crippen LogP contribution in [0.2, 0.25) is 0 Å². The highest BCUT2D eigenvalue weighted by Gasteiger charge is 2.31. The van der Waals surface area contributed by atoms with Crippen LogP contribution in [0.5, 0.6) is 5.75 Å². The van der Waals surface area contributed by atoms with Crippen molar-refractivity contribution in [2.45, 2.75) is 39.2 Å². The Morgan fingerprint density at radius 1 is 1.11 bits per heavy atom. The molecular weight excluding hydrogens is 364 g/mol. The Labute approximate surface area is 164 Å². The maximum absolute atomic E-state index is 12.3. The SMILES string of the molecule is CCOC(=O)C1=C(COC(=O)CCc2ccc(OC)cc2)NC(=O)N[C@H]1CC. The van der Waals surface area contributed by atoms with Crippen LogP contribution in [0.1, 0.15) is 32.3 Å². The molecule has 1 heterocycles. The van der Waals surface area contributed by atoms with E-state index in [2.05, 4.69) is 10.6 Å². The summed E-state index contributed by atoms with van der Waals surface area (Å²) in [4.78, 5) is 36.2. The van der Waals surface area contributed by atoms with Gasteiger partial charge in [0.1, 0.15) is 12.4 Å². The summed E-state index contributed by atoms with van der Waals surface area (Å²) in [5, 5.41) is 5.22. The van der Waals surface area contributed by atoms with E-state index in [-0.39, 0.29) is 30.9 Å². The fourth-order valence-electron chi connectivity index (χ4n) is 2.84. The smallest absolute Gasteiger partial charge is 0.338 e. The number of hydrogen-bond acceptors (Lipinski definition) is 6. The van der Waals surface area contributed by atoms with Gasteiger partial charge in [-0.3, -0.25) is 4.79 Å². The van der Waals surface area contributed by atoms with Gasteiger partial charge in [-0.05, 0) is 37.5 Å². The third kappa shape index (κ3) is 5.73. The quantitative estimate of drug-likeness (QED) is 0.626. The molecule has 1 atom stereocenters. The number of benzene rings is 1. The first-order chi connectivity index (χ1) is 13.5. The number of esters is 2. The van der Waals surface area contributed by atoms with Crippen molar-refractivity contribution in [3.05, 3.63) is 41.1 Å². The van der Waals surface area contributed by atoms with Crippen LogP contribution in [-0.2, 0) is 25.5 Å². The average molecular weight is 390 g/mol. The molecule has 0 saturated carbocycles. The molecule has 28 heavy (non-hydrogen) atoms. The molecule has 152 valence electrons. The van der Waals surface area contributed by atoms with Crippen molar-refractivity contribution in [2.24, 2.45) is 0 Å². The third-order valence-corrected chi connectivity index (χ3v) is 4.30. The average Bonchev–Trinajstić information content (AvgIpc) is 2.70. The molecule has 2 rings (SSSR count). The number of methoxy groups -OCH3 is 1. The Balaban J connectivity index is 1.98. The van der Waals surface area contributed by atoms with Crippen molar-refractivity contribution >= 4 is 18.0 Å². The summed E-state index contributed by atoms with van der Waals surface area (Å²) in [6.45, 7) is 3.56. The highest BCUT2D eigenvalue weighted by Crippen LogP contribution is 2.18. The molecule has 8 heteroatoms. The predicted octanol–water partition coefficient (Wildman–Crippen LogP) is 2.08. The van der Waals surface area contributed by atoms with Crippen molar-refractivity contribution in [3.63, 3.8) is 0 Å². The summed E-state index contributed by atoms with van der Waals surface area (Å²) in [5.41, 5.74) is 1.52. The summed E-state index contributed by atoms with van der Waals surface area (Å²) in [6.07, 6.45) is 1.20. The fraction of sp³-hybridized carbons (Fsp3) is 0.450. The Kier molecular flexibility index (Phi) is 7.86. The van der Waals surface area contributed by atoms with Gasteiger partial charge in [0, 0.05) is 6.42 Å². The van der Waals surface area contributed by atoms with Crippen molar-refractivity contribution in [1.29, 1.82) is 0 Å². The molecule has 1 aromatic rings. The van der Waals surface area contributed by atoms with E-state index >= 15 is 0 Å². The second kappa shape index (κ2) is 10.3. The van der Waals surface area contributed by atoms with E-state index in [1.165, 1.54) is 0 Å². The monoisotopic (exact) mass is 390 g/mol. The van der Waals surface area contributed by atoms with E-state index in [9.17, 15) is 14.4 Å². The summed E-state index contributed by atoms with van der Waals surface area (Å²) in [6, 6.07) is 6.49. The second-order valence-electron chi connectivity index (χ2n) is 6.18. The molecule has 2 amide bonds. The van der Waals surface area contributed by atoms with E-state index in [1.807, 2.05) is 31.2 Å². The van der Waals surface area contributed by atoms with E-state index in [4.69, 9.17) is 14.2 Å². The van der Waals surface area contributed by atoms with Gasteiger partial charge in [-0.1, -0.05) is 19.1 Å². The fourth-order valence-corrected chi connectivity index (χ4v) is 2.84. The third-order valence-electron chi connectivity index (χ3n) is 4.30. The van der Waals surface area contributed by atoms with Crippen molar-refractivity contribution in [1.82, 2.24) is 10.6 Å². The number of rotatable bonds is 9. The molecule has 1 aromatic carbocycles. The Hall–Kier alpha value is -3.03. The van der Waals surface area contributed by atoms with Gasteiger partial charge in [0.05, 0.1) is 31.0 Å². The molecule has 8 nitrogen and oxygen atoms in total. The molecule has 0 fully saturated rings. The van der Waals surface area contributed by atoms with E-state index < -0.39 is 24.0 Å². The number of aryl methyl sites for hydroxylation is 1.